The smallest absolute Gasteiger partial charge is 0.251 e. The number of nitrogens with zero attached hydrogens (tertiary/aromatic N) is 1. The first-order chi connectivity index (χ1) is 10.4. The van der Waals surface area contributed by atoms with Crippen LogP contribution in [0.15, 0.2) is 30.3 Å². The van der Waals surface area contributed by atoms with E-state index in [-0.39, 0.29) is 11.8 Å². The van der Waals surface area contributed by atoms with Crippen LogP contribution in [0, 0.1) is 0 Å². The Morgan fingerprint density at radius 2 is 2.05 bits per heavy atom. The molecule has 6 heteroatoms. The fourth-order valence-electron chi connectivity index (χ4n) is 2.44. The van der Waals surface area contributed by atoms with E-state index in [9.17, 15) is 14.7 Å². The number of aliphatic hydroxyl groups excluding tert-OH is 1. The fraction of sp³-hybridized carbons (Fsp3) is 0.500. The van der Waals surface area contributed by atoms with Crippen molar-refractivity contribution in [2.45, 2.75) is 25.5 Å². The first-order valence-electron chi connectivity index (χ1n) is 7.32. The van der Waals surface area contributed by atoms with Gasteiger partial charge >= 0.3 is 0 Å². The summed E-state index contributed by atoms with van der Waals surface area (Å²) in [7, 11) is 0. The maximum absolute atomic E-state index is 12.5. The number of benzene rings is 1. The number of morpholine rings is 1. The van der Waals surface area contributed by atoms with Crippen molar-refractivity contribution in [1.29, 1.82) is 0 Å². The van der Waals surface area contributed by atoms with Gasteiger partial charge in [-0.25, -0.2) is 0 Å². The molecule has 6 nitrogen and oxygen atoms in total. The molecule has 1 aliphatic heterocycles. The fourth-order valence-corrected chi connectivity index (χ4v) is 2.44. The minimum Gasteiger partial charge on any atom is -0.394 e. The number of carbonyl (C=O) groups excluding carboxylic acids is 2. The second-order valence-electron chi connectivity index (χ2n) is 5.94. The van der Waals surface area contributed by atoms with Crippen molar-refractivity contribution in [2.75, 3.05) is 26.3 Å². The predicted octanol–water partition coefficient (Wildman–Crippen LogP) is 0.415. The van der Waals surface area contributed by atoms with Crippen molar-refractivity contribution >= 4 is 11.8 Å². The molecule has 1 fully saturated rings. The minimum absolute atomic E-state index is 0.289. The molecule has 22 heavy (non-hydrogen) atoms. The number of amides is 2. The second-order valence-corrected chi connectivity index (χ2v) is 5.94. The number of carbonyl (C=O) groups is 2. The number of hydrogen-bond donors (Lipinski definition) is 2. The summed E-state index contributed by atoms with van der Waals surface area (Å²) >= 11 is 0. The molecule has 1 atom stereocenters. The molecule has 1 aromatic rings. The van der Waals surface area contributed by atoms with Crippen LogP contribution in [-0.2, 0) is 9.53 Å². The van der Waals surface area contributed by atoms with Gasteiger partial charge in [-0.1, -0.05) is 18.2 Å². The van der Waals surface area contributed by atoms with Crippen molar-refractivity contribution in [3.05, 3.63) is 35.9 Å². The van der Waals surface area contributed by atoms with Crippen molar-refractivity contribution in [3.8, 4) is 0 Å². The van der Waals surface area contributed by atoms with Gasteiger partial charge in [-0.2, -0.15) is 0 Å². The minimum atomic E-state index is -0.943. The van der Waals surface area contributed by atoms with Crippen LogP contribution in [0.5, 0.6) is 0 Å². The number of ether oxygens (including phenoxy) is 1. The monoisotopic (exact) mass is 306 g/mol. The highest BCUT2D eigenvalue weighted by molar-refractivity contribution is 5.97. The summed E-state index contributed by atoms with van der Waals surface area (Å²) in [6.45, 7) is 4.72. The third kappa shape index (κ3) is 4.05. The first-order valence-corrected chi connectivity index (χ1v) is 7.32. The van der Waals surface area contributed by atoms with Crippen molar-refractivity contribution in [3.63, 3.8) is 0 Å². The van der Waals surface area contributed by atoms with Crippen LogP contribution in [0.3, 0.4) is 0 Å². The molecule has 120 valence electrons. The van der Waals surface area contributed by atoms with E-state index < -0.39 is 18.2 Å². The Labute approximate surface area is 130 Å². The van der Waals surface area contributed by atoms with Gasteiger partial charge in [-0.3, -0.25) is 9.59 Å². The van der Waals surface area contributed by atoms with Gasteiger partial charge in [-0.05, 0) is 26.0 Å². The van der Waals surface area contributed by atoms with Crippen LogP contribution in [-0.4, -0.2) is 59.8 Å². The second kappa shape index (κ2) is 6.89. The van der Waals surface area contributed by atoms with Gasteiger partial charge in [0, 0.05) is 18.7 Å². The SMILES string of the molecule is CC1(C)CN(C(=O)C(CO)NC(=O)c2ccccc2)CCO1. The van der Waals surface area contributed by atoms with Gasteiger partial charge in [-0.15, -0.1) is 0 Å². The quantitative estimate of drug-likeness (QED) is 0.845. The van der Waals surface area contributed by atoms with E-state index >= 15 is 0 Å². The molecule has 1 aromatic carbocycles. The summed E-state index contributed by atoms with van der Waals surface area (Å²) in [6, 6.07) is 7.67. The standard InChI is InChI=1S/C16H22N2O4/c1-16(2)11-18(8-9-22-16)15(21)13(10-19)17-14(20)12-6-4-3-5-7-12/h3-7,13,19H,8-11H2,1-2H3,(H,17,20). The van der Waals surface area contributed by atoms with E-state index in [1.165, 1.54) is 0 Å². The third-order valence-corrected chi connectivity index (χ3v) is 3.56. The zero-order valence-electron chi connectivity index (χ0n) is 12.9. The topological polar surface area (TPSA) is 78.9 Å². The number of hydrogen-bond acceptors (Lipinski definition) is 4. The maximum Gasteiger partial charge on any atom is 0.251 e. The van der Waals surface area contributed by atoms with E-state index in [1.807, 2.05) is 13.8 Å². The van der Waals surface area contributed by atoms with E-state index in [1.54, 1.807) is 35.2 Å². The number of aliphatic hydroxyl groups is 1. The zero-order valence-corrected chi connectivity index (χ0v) is 12.9. The van der Waals surface area contributed by atoms with Gasteiger partial charge in [0.05, 0.1) is 18.8 Å². The Hall–Kier alpha value is -1.92. The van der Waals surface area contributed by atoms with Crippen molar-refractivity contribution in [1.82, 2.24) is 10.2 Å². The summed E-state index contributed by atoms with van der Waals surface area (Å²) in [5.74, 6) is -0.663. The lowest BCUT2D eigenvalue weighted by Crippen LogP contribution is -2.57. The number of nitrogens with one attached hydrogen (secondary N) is 1. The Morgan fingerprint density at radius 1 is 1.36 bits per heavy atom. The van der Waals surface area contributed by atoms with Crippen molar-refractivity contribution in [2.24, 2.45) is 0 Å². The molecule has 2 amide bonds. The largest absolute Gasteiger partial charge is 0.394 e. The van der Waals surface area contributed by atoms with Gasteiger partial charge in [0.1, 0.15) is 6.04 Å². The lowest BCUT2D eigenvalue weighted by molar-refractivity contribution is -0.148. The average Bonchev–Trinajstić information content (AvgIpc) is 2.51. The van der Waals surface area contributed by atoms with Gasteiger partial charge in [0.2, 0.25) is 5.91 Å². The highest BCUT2D eigenvalue weighted by Crippen LogP contribution is 2.17. The van der Waals surface area contributed by atoms with Crippen LogP contribution in [0.1, 0.15) is 24.2 Å². The molecule has 1 saturated heterocycles. The predicted molar refractivity (Wildman–Crippen MR) is 81.4 cm³/mol. The Morgan fingerprint density at radius 3 is 2.64 bits per heavy atom. The molecule has 1 heterocycles. The highest BCUT2D eigenvalue weighted by atomic mass is 16.5. The molecular weight excluding hydrogens is 284 g/mol. The molecule has 0 spiro atoms. The summed E-state index contributed by atoms with van der Waals surface area (Å²) in [5, 5.41) is 12.0. The Bertz CT molecular complexity index is 530. The zero-order chi connectivity index (χ0) is 16.2. The van der Waals surface area contributed by atoms with Crippen LogP contribution in [0.2, 0.25) is 0 Å². The molecule has 1 unspecified atom stereocenters. The Kier molecular flexibility index (Phi) is 5.15. The lowest BCUT2D eigenvalue weighted by Gasteiger charge is -2.39. The molecular formula is C16H22N2O4. The molecule has 1 aliphatic rings. The van der Waals surface area contributed by atoms with Crippen LogP contribution >= 0.6 is 0 Å². The van der Waals surface area contributed by atoms with E-state index in [4.69, 9.17) is 4.74 Å². The third-order valence-electron chi connectivity index (χ3n) is 3.56. The maximum atomic E-state index is 12.5. The molecule has 0 aliphatic carbocycles. The van der Waals surface area contributed by atoms with E-state index in [2.05, 4.69) is 5.32 Å². The normalized spacial score (nSPS) is 18.6. The molecule has 0 aromatic heterocycles. The highest BCUT2D eigenvalue weighted by Gasteiger charge is 2.33. The molecule has 0 bridgehead atoms. The summed E-state index contributed by atoms with van der Waals surface area (Å²) in [4.78, 5) is 26.2. The lowest BCUT2D eigenvalue weighted by atomic mass is 10.1. The van der Waals surface area contributed by atoms with Gasteiger partial charge in [0.15, 0.2) is 0 Å². The van der Waals surface area contributed by atoms with Crippen LogP contribution in [0.4, 0.5) is 0 Å². The molecule has 0 saturated carbocycles. The summed E-state index contributed by atoms with van der Waals surface area (Å²) < 4.78 is 5.57. The van der Waals surface area contributed by atoms with Crippen molar-refractivity contribution < 1.29 is 19.4 Å². The molecule has 2 N–H and O–H groups in total. The van der Waals surface area contributed by atoms with Crippen LogP contribution < -0.4 is 5.32 Å². The molecule has 0 radical (unpaired) electrons. The number of rotatable bonds is 4. The summed E-state index contributed by atoms with van der Waals surface area (Å²) in [6.07, 6.45) is 0. The molecule has 2 rings (SSSR count). The first kappa shape index (κ1) is 16.5. The van der Waals surface area contributed by atoms with Crippen LogP contribution in [0.25, 0.3) is 0 Å². The Balaban J connectivity index is 2.02. The average molecular weight is 306 g/mol. The van der Waals surface area contributed by atoms with E-state index in [0.29, 0.717) is 25.3 Å². The van der Waals surface area contributed by atoms with Gasteiger partial charge < -0.3 is 20.1 Å². The van der Waals surface area contributed by atoms with E-state index in [0.717, 1.165) is 0 Å². The summed E-state index contributed by atoms with van der Waals surface area (Å²) in [5.41, 5.74) is 0.0354. The van der Waals surface area contributed by atoms with Gasteiger partial charge in [0.25, 0.3) is 5.91 Å².